The molecule has 0 heterocycles. The molecule has 0 bridgehead atoms. The molecule has 0 unspecified atom stereocenters. The highest BCUT2D eigenvalue weighted by Crippen LogP contribution is 2.17. The van der Waals surface area contributed by atoms with E-state index in [-0.39, 0.29) is 11.3 Å². The average Bonchev–Trinajstić information content (AvgIpc) is 2.27. The van der Waals surface area contributed by atoms with E-state index in [1.54, 1.807) is 0 Å². The lowest BCUT2D eigenvalue weighted by Gasteiger charge is -2.21. The van der Waals surface area contributed by atoms with Gasteiger partial charge in [0, 0.05) is 13.0 Å². The molecule has 16 heavy (non-hydrogen) atoms. The van der Waals surface area contributed by atoms with Gasteiger partial charge >= 0.3 is 0 Å². The molecule has 3 N–H and O–H groups in total. The molecule has 0 aliphatic heterocycles. The highest BCUT2D eigenvalue weighted by atomic mass is 16.1. The molecule has 1 rings (SSSR count). The molecule has 0 saturated carbocycles. The van der Waals surface area contributed by atoms with Crippen LogP contribution in [0.15, 0.2) is 30.3 Å². The number of hydrogen-bond donors (Lipinski definition) is 2. The Morgan fingerprint density at radius 1 is 1.31 bits per heavy atom. The van der Waals surface area contributed by atoms with Gasteiger partial charge in [-0.25, -0.2) is 0 Å². The van der Waals surface area contributed by atoms with E-state index in [9.17, 15) is 4.79 Å². The van der Waals surface area contributed by atoms with Crippen LogP contribution in [0.3, 0.4) is 0 Å². The van der Waals surface area contributed by atoms with Crippen LogP contribution in [0.5, 0.6) is 0 Å². The van der Waals surface area contributed by atoms with E-state index in [4.69, 9.17) is 5.73 Å². The molecular formula is C13H20N2O. The highest BCUT2D eigenvalue weighted by Gasteiger charge is 2.19. The van der Waals surface area contributed by atoms with E-state index in [0.29, 0.717) is 19.5 Å². The van der Waals surface area contributed by atoms with Crippen LogP contribution in [0.25, 0.3) is 0 Å². The SMILES string of the molecule is CC(C)(CN)CC(=O)NCc1ccccc1. The van der Waals surface area contributed by atoms with E-state index in [0.717, 1.165) is 5.56 Å². The summed E-state index contributed by atoms with van der Waals surface area (Å²) in [6, 6.07) is 9.88. The second-order valence-corrected chi connectivity index (χ2v) is 4.81. The summed E-state index contributed by atoms with van der Waals surface area (Å²) in [5.41, 5.74) is 6.57. The third-order valence-electron chi connectivity index (χ3n) is 2.52. The van der Waals surface area contributed by atoms with Gasteiger partial charge in [0.1, 0.15) is 0 Å². The summed E-state index contributed by atoms with van der Waals surface area (Å²) in [5, 5.41) is 2.89. The number of nitrogens with two attached hydrogens (primary N) is 1. The standard InChI is InChI=1S/C13H20N2O/c1-13(2,10-14)8-12(16)15-9-11-6-4-3-5-7-11/h3-7H,8-10,14H2,1-2H3,(H,15,16). The van der Waals surface area contributed by atoms with Gasteiger partial charge in [-0.1, -0.05) is 44.2 Å². The fourth-order valence-electron chi connectivity index (χ4n) is 1.37. The third-order valence-corrected chi connectivity index (χ3v) is 2.52. The van der Waals surface area contributed by atoms with Crippen molar-refractivity contribution in [3.05, 3.63) is 35.9 Å². The lowest BCUT2D eigenvalue weighted by atomic mass is 9.89. The predicted octanol–water partition coefficient (Wildman–Crippen LogP) is 1.68. The Kier molecular flexibility index (Phi) is 4.50. The molecular weight excluding hydrogens is 200 g/mol. The van der Waals surface area contributed by atoms with Gasteiger partial charge in [-0.2, -0.15) is 0 Å². The number of hydrogen-bond acceptors (Lipinski definition) is 2. The average molecular weight is 220 g/mol. The van der Waals surface area contributed by atoms with E-state index >= 15 is 0 Å². The zero-order chi connectivity index (χ0) is 12.0. The molecule has 0 radical (unpaired) electrons. The van der Waals surface area contributed by atoms with Crippen molar-refractivity contribution in [1.29, 1.82) is 0 Å². The fraction of sp³-hybridized carbons (Fsp3) is 0.462. The van der Waals surface area contributed by atoms with Crippen LogP contribution in [-0.2, 0) is 11.3 Å². The van der Waals surface area contributed by atoms with Crippen molar-refractivity contribution in [2.24, 2.45) is 11.1 Å². The number of carbonyl (C=O) groups excluding carboxylic acids is 1. The topological polar surface area (TPSA) is 55.1 Å². The molecule has 88 valence electrons. The minimum absolute atomic E-state index is 0.0549. The molecule has 1 aromatic rings. The summed E-state index contributed by atoms with van der Waals surface area (Å²) < 4.78 is 0. The molecule has 3 nitrogen and oxygen atoms in total. The molecule has 1 aromatic carbocycles. The smallest absolute Gasteiger partial charge is 0.220 e. The molecule has 0 aromatic heterocycles. The van der Waals surface area contributed by atoms with Gasteiger partial charge < -0.3 is 11.1 Å². The zero-order valence-electron chi connectivity index (χ0n) is 9.99. The van der Waals surface area contributed by atoms with Gasteiger partial charge in [-0.15, -0.1) is 0 Å². The van der Waals surface area contributed by atoms with Crippen LogP contribution < -0.4 is 11.1 Å². The molecule has 0 aliphatic rings. The largest absolute Gasteiger partial charge is 0.352 e. The van der Waals surface area contributed by atoms with Gasteiger partial charge in [0.05, 0.1) is 0 Å². The van der Waals surface area contributed by atoms with Crippen molar-refractivity contribution in [2.75, 3.05) is 6.54 Å². The Morgan fingerprint density at radius 3 is 2.50 bits per heavy atom. The molecule has 0 atom stereocenters. The molecule has 0 fully saturated rings. The van der Waals surface area contributed by atoms with E-state index in [1.165, 1.54) is 0 Å². The Morgan fingerprint density at radius 2 is 1.94 bits per heavy atom. The minimum Gasteiger partial charge on any atom is -0.352 e. The van der Waals surface area contributed by atoms with Gasteiger partial charge in [0.15, 0.2) is 0 Å². The Hall–Kier alpha value is -1.35. The zero-order valence-corrected chi connectivity index (χ0v) is 9.99. The first kappa shape index (κ1) is 12.7. The quantitative estimate of drug-likeness (QED) is 0.793. The summed E-state index contributed by atoms with van der Waals surface area (Å²) in [6.45, 7) is 5.09. The number of carbonyl (C=O) groups is 1. The van der Waals surface area contributed by atoms with Gasteiger partial charge in [-0.3, -0.25) is 4.79 Å². The first-order valence-corrected chi connectivity index (χ1v) is 5.54. The first-order chi connectivity index (χ1) is 7.53. The van der Waals surface area contributed by atoms with Crippen molar-refractivity contribution < 1.29 is 4.79 Å². The molecule has 0 aliphatic carbocycles. The molecule has 3 heteroatoms. The maximum absolute atomic E-state index is 11.6. The van der Waals surface area contributed by atoms with Crippen LogP contribution in [0.2, 0.25) is 0 Å². The second kappa shape index (κ2) is 5.66. The van der Waals surface area contributed by atoms with Crippen LogP contribution in [0.4, 0.5) is 0 Å². The Labute approximate surface area is 97.0 Å². The van der Waals surface area contributed by atoms with E-state index in [2.05, 4.69) is 5.32 Å². The van der Waals surface area contributed by atoms with Crippen molar-refractivity contribution in [3.63, 3.8) is 0 Å². The Balaban J connectivity index is 2.36. The summed E-state index contributed by atoms with van der Waals surface area (Å²) in [5.74, 6) is 0.0549. The van der Waals surface area contributed by atoms with Crippen LogP contribution in [0, 0.1) is 5.41 Å². The van der Waals surface area contributed by atoms with E-state index < -0.39 is 0 Å². The number of benzene rings is 1. The van der Waals surface area contributed by atoms with Crippen molar-refractivity contribution in [1.82, 2.24) is 5.32 Å². The number of nitrogens with one attached hydrogen (secondary N) is 1. The highest BCUT2D eigenvalue weighted by molar-refractivity contribution is 5.76. The van der Waals surface area contributed by atoms with Gasteiger partial charge in [-0.05, 0) is 17.5 Å². The second-order valence-electron chi connectivity index (χ2n) is 4.81. The van der Waals surface area contributed by atoms with Crippen LogP contribution in [-0.4, -0.2) is 12.5 Å². The molecule has 1 amide bonds. The summed E-state index contributed by atoms with van der Waals surface area (Å²) in [6.07, 6.45) is 0.469. The monoisotopic (exact) mass is 220 g/mol. The summed E-state index contributed by atoms with van der Waals surface area (Å²) in [7, 11) is 0. The first-order valence-electron chi connectivity index (χ1n) is 5.54. The lowest BCUT2D eigenvalue weighted by Crippen LogP contribution is -2.32. The summed E-state index contributed by atoms with van der Waals surface area (Å²) >= 11 is 0. The van der Waals surface area contributed by atoms with Crippen molar-refractivity contribution >= 4 is 5.91 Å². The number of amides is 1. The van der Waals surface area contributed by atoms with Crippen molar-refractivity contribution in [3.8, 4) is 0 Å². The Bertz CT molecular complexity index is 333. The third kappa shape index (κ3) is 4.45. The van der Waals surface area contributed by atoms with Crippen molar-refractivity contribution in [2.45, 2.75) is 26.8 Å². The maximum atomic E-state index is 11.6. The minimum atomic E-state index is -0.124. The predicted molar refractivity (Wildman–Crippen MR) is 65.7 cm³/mol. The van der Waals surface area contributed by atoms with E-state index in [1.807, 2.05) is 44.2 Å². The van der Waals surface area contributed by atoms with Crippen LogP contribution >= 0.6 is 0 Å². The maximum Gasteiger partial charge on any atom is 0.220 e. The molecule has 0 spiro atoms. The molecule has 0 saturated heterocycles. The van der Waals surface area contributed by atoms with Gasteiger partial charge in [0.25, 0.3) is 0 Å². The number of rotatable bonds is 5. The fourth-order valence-corrected chi connectivity index (χ4v) is 1.37. The lowest BCUT2D eigenvalue weighted by molar-refractivity contribution is -0.123. The van der Waals surface area contributed by atoms with Gasteiger partial charge in [0.2, 0.25) is 5.91 Å². The van der Waals surface area contributed by atoms with Crippen LogP contribution in [0.1, 0.15) is 25.8 Å². The normalized spacial score (nSPS) is 11.2. The summed E-state index contributed by atoms with van der Waals surface area (Å²) in [4.78, 5) is 11.6.